The quantitative estimate of drug-likeness (QED) is 0.720. The van der Waals surface area contributed by atoms with Crippen LogP contribution in [0.2, 0.25) is 0 Å². The fourth-order valence-corrected chi connectivity index (χ4v) is 3.94. The molecule has 20 heavy (non-hydrogen) atoms. The molecule has 1 heterocycles. The monoisotopic (exact) mass is 268 g/mol. The summed E-state index contributed by atoms with van der Waals surface area (Å²) in [7, 11) is 0. The van der Waals surface area contributed by atoms with Gasteiger partial charge in [0.05, 0.1) is 6.07 Å². The van der Waals surface area contributed by atoms with Gasteiger partial charge >= 0.3 is 0 Å². The lowest BCUT2D eigenvalue weighted by Crippen LogP contribution is -2.46. The molecule has 0 saturated carbocycles. The molecule has 2 nitrogen and oxygen atoms in total. The number of hydrogen-bond donors (Lipinski definition) is 0. The van der Waals surface area contributed by atoms with E-state index in [1.165, 1.54) is 49.7 Å². The summed E-state index contributed by atoms with van der Waals surface area (Å²) in [5.74, 6) is 0. The Kier molecular flexibility index (Phi) is 4.08. The lowest BCUT2D eigenvalue weighted by atomic mass is 9.83. The Morgan fingerprint density at radius 3 is 2.45 bits per heavy atom. The van der Waals surface area contributed by atoms with Gasteiger partial charge in [0, 0.05) is 0 Å². The van der Waals surface area contributed by atoms with Crippen molar-refractivity contribution in [3.05, 3.63) is 35.4 Å². The summed E-state index contributed by atoms with van der Waals surface area (Å²) in [6.07, 6.45) is 9.64. The van der Waals surface area contributed by atoms with E-state index < -0.39 is 0 Å². The van der Waals surface area contributed by atoms with Gasteiger partial charge in [-0.25, -0.2) is 0 Å². The molecule has 0 spiro atoms. The minimum absolute atomic E-state index is 0.364. The van der Waals surface area contributed by atoms with Gasteiger partial charge in [-0.15, -0.1) is 0 Å². The number of benzene rings is 1. The van der Waals surface area contributed by atoms with Crippen LogP contribution in [0, 0.1) is 11.3 Å². The topological polar surface area (TPSA) is 27.0 Å². The van der Waals surface area contributed by atoms with E-state index in [0.717, 1.165) is 25.9 Å². The smallest absolute Gasteiger partial charge is 0.135 e. The first-order valence-corrected chi connectivity index (χ1v) is 8.11. The zero-order chi connectivity index (χ0) is 13.8. The number of fused-ring (bicyclic) bond motifs is 1. The molecule has 0 radical (unpaired) electrons. The molecule has 0 amide bonds. The normalized spacial score (nSPS) is 27.9. The molecule has 0 N–H and O–H groups in total. The van der Waals surface area contributed by atoms with Gasteiger partial charge in [0.25, 0.3) is 0 Å². The molecule has 3 rings (SSSR count). The predicted octanol–water partition coefficient (Wildman–Crippen LogP) is 4.01. The van der Waals surface area contributed by atoms with Gasteiger partial charge in [0.1, 0.15) is 5.54 Å². The average molecular weight is 268 g/mol. The molecule has 1 aromatic carbocycles. The summed E-state index contributed by atoms with van der Waals surface area (Å²) < 4.78 is 0. The maximum Gasteiger partial charge on any atom is 0.135 e. The summed E-state index contributed by atoms with van der Waals surface area (Å²) in [4.78, 5) is 2.49. The molecule has 1 unspecified atom stereocenters. The first-order valence-electron chi connectivity index (χ1n) is 8.11. The maximum atomic E-state index is 10.1. The molecule has 1 aliphatic carbocycles. The highest BCUT2D eigenvalue weighted by Crippen LogP contribution is 2.39. The Bertz CT molecular complexity index is 494. The third kappa shape index (κ3) is 2.36. The zero-order valence-corrected chi connectivity index (χ0v) is 12.3. The SMILES string of the molecule is N#CC1(N2CCCCCC2)CCCCc2ccccc21. The highest BCUT2D eigenvalue weighted by molar-refractivity contribution is 5.40. The number of likely N-dealkylation sites (tertiary alicyclic amines) is 1. The van der Waals surface area contributed by atoms with Crippen LogP contribution in [0.3, 0.4) is 0 Å². The van der Waals surface area contributed by atoms with Crippen LogP contribution in [-0.2, 0) is 12.0 Å². The second kappa shape index (κ2) is 5.97. The fraction of sp³-hybridized carbons (Fsp3) is 0.611. The molecule has 1 aliphatic heterocycles. The van der Waals surface area contributed by atoms with Gasteiger partial charge in [-0.2, -0.15) is 5.26 Å². The van der Waals surface area contributed by atoms with E-state index >= 15 is 0 Å². The van der Waals surface area contributed by atoms with Gasteiger partial charge in [0.2, 0.25) is 0 Å². The molecule has 0 bridgehead atoms. The molecule has 1 saturated heterocycles. The highest BCUT2D eigenvalue weighted by atomic mass is 15.2. The summed E-state index contributed by atoms with van der Waals surface area (Å²) in [6, 6.07) is 11.4. The van der Waals surface area contributed by atoms with Crippen LogP contribution >= 0.6 is 0 Å². The van der Waals surface area contributed by atoms with E-state index in [0.29, 0.717) is 0 Å². The Morgan fingerprint density at radius 2 is 1.70 bits per heavy atom. The van der Waals surface area contributed by atoms with Crippen molar-refractivity contribution in [3.8, 4) is 6.07 Å². The van der Waals surface area contributed by atoms with Crippen molar-refractivity contribution in [2.45, 2.75) is 56.9 Å². The Morgan fingerprint density at radius 1 is 0.950 bits per heavy atom. The molecule has 1 fully saturated rings. The van der Waals surface area contributed by atoms with Crippen LogP contribution in [0.1, 0.15) is 56.1 Å². The lowest BCUT2D eigenvalue weighted by molar-refractivity contribution is 0.130. The minimum Gasteiger partial charge on any atom is -0.282 e. The number of hydrogen-bond acceptors (Lipinski definition) is 2. The van der Waals surface area contributed by atoms with Gasteiger partial charge < -0.3 is 0 Å². The van der Waals surface area contributed by atoms with Gasteiger partial charge in [-0.1, -0.05) is 37.1 Å². The Labute approximate surface area is 122 Å². The summed E-state index contributed by atoms with van der Waals surface area (Å²) >= 11 is 0. The molecule has 2 aliphatic rings. The first-order chi connectivity index (χ1) is 9.87. The van der Waals surface area contributed by atoms with Gasteiger partial charge in [-0.3, -0.25) is 4.90 Å². The largest absolute Gasteiger partial charge is 0.282 e. The highest BCUT2D eigenvalue weighted by Gasteiger charge is 2.40. The van der Waals surface area contributed by atoms with Gasteiger partial charge in [0.15, 0.2) is 0 Å². The summed E-state index contributed by atoms with van der Waals surface area (Å²) in [6.45, 7) is 2.17. The molecule has 106 valence electrons. The number of nitrogens with zero attached hydrogens (tertiary/aromatic N) is 2. The van der Waals surface area contributed by atoms with Crippen molar-refractivity contribution in [3.63, 3.8) is 0 Å². The first kappa shape index (κ1) is 13.6. The second-order valence-corrected chi connectivity index (χ2v) is 6.24. The fourth-order valence-electron chi connectivity index (χ4n) is 3.94. The number of nitriles is 1. The third-order valence-electron chi connectivity index (χ3n) is 5.03. The van der Waals surface area contributed by atoms with E-state index in [2.05, 4.69) is 35.2 Å². The standard InChI is InChI=1S/C18H24N2/c19-15-18(20-13-7-1-2-8-14-20)12-6-5-10-16-9-3-4-11-17(16)18/h3-4,9,11H,1-2,5-8,10,12-14H2. The molecule has 2 heteroatoms. The third-order valence-corrected chi connectivity index (χ3v) is 5.03. The van der Waals surface area contributed by atoms with Crippen LogP contribution in [0.5, 0.6) is 0 Å². The Balaban J connectivity index is 2.04. The van der Waals surface area contributed by atoms with E-state index in [1.807, 2.05) is 0 Å². The number of rotatable bonds is 1. The molecular weight excluding hydrogens is 244 g/mol. The van der Waals surface area contributed by atoms with Crippen molar-refractivity contribution >= 4 is 0 Å². The molecule has 1 aromatic rings. The van der Waals surface area contributed by atoms with Crippen LogP contribution in [0.25, 0.3) is 0 Å². The minimum atomic E-state index is -0.364. The van der Waals surface area contributed by atoms with E-state index in [9.17, 15) is 5.26 Å². The van der Waals surface area contributed by atoms with E-state index in [4.69, 9.17) is 0 Å². The van der Waals surface area contributed by atoms with Crippen molar-refractivity contribution in [1.82, 2.24) is 4.90 Å². The zero-order valence-electron chi connectivity index (χ0n) is 12.3. The van der Waals surface area contributed by atoms with E-state index in [-0.39, 0.29) is 5.54 Å². The van der Waals surface area contributed by atoms with Crippen molar-refractivity contribution < 1.29 is 0 Å². The number of aryl methyl sites for hydroxylation is 1. The van der Waals surface area contributed by atoms with E-state index in [1.54, 1.807) is 0 Å². The molecule has 0 aromatic heterocycles. The Hall–Kier alpha value is -1.33. The average Bonchev–Trinajstić information content (AvgIpc) is 2.87. The van der Waals surface area contributed by atoms with Crippen molar-refractivity contribution in [2.24, 2.45) is 0 Å². The van der Waals surface area contributed by atoms with Crippen LogP contribution < -0.4 is 0 Å². The second-order valence-electron chi connectivity index (χ2n) is 6.24. The molecular formula is C18H24N2. The maximum absolute atomic E-state index is 10.1. The lowest BCUT2D eigenvalue weighted by Gasteiger charge is -2.39. The van der Waals surface area contributed by atoms with Crippen molar-refractivity contribution in [2.75, 3.05) is 13.1 Å². The van der Waals surface area contributed by atoms with Crippen LogP contribution in [0.15, 0.2) is 24.3 Å². The van der Waals surface area contributed by atoms with Crippen LogP contribution in [0.4, 0.5) is 0 Å². The summed E-state index contributed by atoms with van der Waals surface area (Å²) in [5.41, 5.74) is 2.33. The summed E-state index contributed by atoms with van der Waals surface area (Å²) in [5, 5.41) is 10.1. The van der Waals surface area contributed by atoms with Gasteiger partial charge in [-0.05, 0) is 62.7 Å². The molecule has 1 atom stereocenters. The van der Waals surface area contributed by atoms with Crippen molar-refractivity contribution in [1.29, 1.82) is 5.26 Å². The predicted molar refractivity (Wildman–Crippen MR) is 81.3 cm³/mol. The van der Waals surface area contributed by atoms with Crippen LogP contribution in [-0.4, -0.2) is 18.0 Å².